The summed E-state index contributed by atoms with van der Waals surface area (Å²) >= 11 is 19.9. The maximum atomic E-state index is 9.26. The Hall–Kier alpha value is 3.21. The summed E-state index contributed by atoms with van der Waals surface area (Å²) in [6.45, 7) is 6.71. The number of hydrogen-bond acceptors (Lipinski definition) is 10. The molecule has 0 saturated carbocycles. The van der Waals surface area contributed by atoms with Crippen LogP contribution >= 0.6 is 0 Å². The second kappa shape index (κ2) is 58.2. The SMILES string of the molecule is CC(=O)[S-].CC(=O)[S-].CC(=O)[S-].CC(=O)[S-].CC(=O)[S-].[C]1=C=CC#C1.[Hg+].[Hg+].[Hg+].[Hg+].[Hg+]. The molecule has 1 aliphatic rings. The van der Waals surface area contributed by atoms with Gasteiger partial charge in [0.1, 0.15) is 0 Å². The van der Waals surface area contributed by atoms with Crippen molar-refractivity contribution in [2.24, 2.45) is 0 Å². The van der Waals surface area contributed by atoms with Gasteiger partial charge >= 0.3 is 138 Å². The maximum absolute atomic E-state index is 9.26. The Kier molecular flexibility index (Phi) is 124. The second-order valence-electron chi connectivity index (χ2n) is 3.14. The number of allylic oxidation sites excluding steroid dienone is 1. The van der Waals surface area contributed by atoms with E-state index in [0.29, 0.717) is 0 Å². The van der Waals surface area contributed by atoms with Crippen molar-refractivity contribution in [2.45, 2.75) is 34.6 Å². The van der Waals surface area contributed by atoms with Gasteiger partial charge < -0.3 is 87.1 Å². The summed E-state index contributed by atoms with van der Waals surface area (Å²) in [6.07, 6.45) is 4.19. The molecule has 0 heterocycles. The standard InChI is InChI=1S/C5H.5C2H4OS.5Hg/c1-2-4-5-3-1;5*1-2(3)4;;;;;/h1H;5*1H3,(H,3,4);;;;;/q;;;;;;5*+1/p-5. The van der Waals surface area contributed by atoms with Gasteiger partial charge in [-0.05, 0) is 34.6 Å². The fourth-order valence-electron chi connectivity index (χ4n) is 0.180. The molecule has 5 nitrogen and oxygen atoms in total. The number of hydrogen-bond donors (Lipinski definition) is 0. The van der Waals surface area contributed by atoms with Crippen molar-refractivity contribution < 1.29 is 162 Å². The topological polar surface area (TPSA) is 85.3 Å². The molecule has 1 rings (SSSR count). The average Bonchev–Trinajstić information content (AvgIpc) is 2.80. The van der Waals surface area contributed by atoms with Crippen molar-refractivity contribution in [3.05, 3.63) is 17.9 Å². The molecule has 0 aromatic rings. The predicted molar refractivity (Wildman–Crippen MR) is 109 cm³/mol. The molecule has 0 aromatic carbocycles. The third-order valence-corrected chi connectivity index (χ3v) is 0.351. The van der Waals surface area contributed by atoms with Gasteiger partial charge in [0.05, 0.1) is 6.08 Å². The van der Waals surface area contributed by atoms with Crippen LogP contribution in [-0.4, -0.2) is 25.6 Å². The van der Waals surface area contributed by atoms with E-state index in [1.54, 1.807) is 6.08 Å². The first-order chi connectivity index (χ1) is 11.2. The van der Waals surface area contributed by atoms with Crippen LogP contribution in [0, 0.1) is 17.9 Å². The first-order valence-corrected chi connectivity index (χ1v) is 7.91. The largest absolute Gasteiger partial charge is 1.00 e. The Labute approximate surface area is 309 Å². The zero-order valence-corrected chi connectivity index (χ0v) is 49.3. The van der Waals surface area contributed by atoms with Crippen LogP contribution in [0.25, 0.3) is 0 Å². The molecule has 0 spiro atoms. The van der Waals surface area contributed by atoms with E-state index in [2.05, 4.69) is 86.8 Å². The summed E-state index contributed by atoms with van der Waals surface area (Å²) in [5.41, 5.74) is 2.62. The quantitative estimate of drug-likeness (QED) is 0.151. The molecule has 0 amide bonds. The molecule has 30 heavy (non-hydrogen) atoms. The fraction of sp³-hybridized carbons (Fsp3) is 0.333. The first kappa shape index (κ1) is 64.0. The fourth-order valence-corrected chi connectivity index (χ4v) is 0.180. The molecular weight excluding hydrogens is 1420 g/mol. The van der Waals surface area contributed by atoms with E-state index in [1.165, 1.54) is 34.6 Å². The van der Waals surface area contributed by atoms with Crippen molar-refractivity contribution >= 4 is 88.7 Å². The second-order valence-corrected chi connectivity index (χ2v) is 6.02. The molecule has 0 aromatic heterocycles. The minimum Gasteiger partial charge on any atom is -0.742 e. The van der Waals surface area contributed by atoms with E-state index in [-0.39, 0.29) is 164 Å². The van der Waals surface area contributed by atoms with E-state index in [4.69, 9.17) is 0 Å². The van der Waals surface area contributed by atoms with Crippen molar-refractivity contribution in [1.29, 1.82) is 0 Å². The van der Waals surface area contributed by atoms with Crippen LogP contribution in [0.1, 0.15) is 34.6 Å². The van der Waals surface area contributed by atoms with Gasteiger partial charge in [0.15, 0.2) is 0 Å². The third-order valence-electron chi connectivity index (χ3n) is 0.351. The van der Waals surface area contributed by atoms with Crippen LogP contribution < -0.4 is 0 Å². The van der Waals surface area contributed by atoms with Crippen molar-refractivity contribution in [3.8, 4) is 11.8 Å². The Morgan fingerprint density at radius 1 is 0.533 bits per heavy atom. The molecule has 0 unspecified atom stereocenters. The monoisotopic (exact) mass is 1450 g/mol. The summed E-state index contributed by atoms with van der Waals surface area (Å²) in [5.74, 6) is 5.18. The van der Waals surface area contributed by atoms with Gasteiger partial charge in [-0.1, -0.05) is 17.6 Å². The van der Waals surface area contributed by atoms with E-state index in [0.717, 1.165) is 0 Å². The van der Waals surface area contributed by atoms with Gasteiger partial charge in [-0.2, -0.15) is 0 Å². The summed E-state index contributed by atoms with van der Waals surface area (Å²) in [4.78, 5) is 46.3. The molecule has 15 heteroatoms. The van der Waals surface area contributed by atoms with E-state index >= 15 is 0 Å². The molecular formula is C15H16Hg5O5S5. The van der Waals surface area contributed by atoms with E-state index < -0.39 is 0 Å². The number of rotatable bonds is 0. The first-order valence-electron chi connectivity index (χ1n) is 5.87. The molecule has 0 fully saturated rings. The van der Waals surface area contributed by atoms with Crippen molar-refractivity contribution in [1.82, 2.24) is 0 Å². The van der Waals surface area contributed by atoms with Crippen LogP contribution in [0.2, 0.25) is 0 Å². The predicted octanol–water partition coefficient (Wildman–Crippen LogP) is 0.904. The summed E-state index contributed by atoms with van der Waals surface area (Å²) < 4.78 is 0. The van der Waals surface area contributed by atoms with Gasteiger partial charge in [0.25, 0.3) is 0 Å². The van der Waals surface area contributed by atoms with Gasteiger partial charge in [-0.15, -0.1) is 0 Å². The summed E-state index contributed by atoms with van der Waals surface area (Å²) in [6, 6.07) is 0. The van der Waals surface area contributed by atoms with Crippen LogP contribution in [-0.2, 0) is 225 Å². The van der Waals surface area contributed by atoms with Crippen LogP contribution in [0.4, 0.5) is 0 Å². The van der Waals surface area contributed by atoms with Crippen LogP contribution in [0.15, 0.2) is 11.8 Å². The van der Waals surface area contributed by atoms with Crippen LogP contribution in [0.5, 0.6) is 0 Å². The smallest absolute Gasteiger partial charge is 0.742 e. The summed E-state index contributed by atoms with van der Waals surface area (Å²) in [7, 11) is 0. The normalized spacial score (nSPS) is 6.03. The summed E-state index contributed by atoms with van der Waals surface area (Å²) in [5, 5.41) is -1.25. The Morgan fingerprint density at radius 3 is 0.733 bits per heavy atom. The Morgan fingerprint density at radius 2 is 0.700 bits per heavy atom. The third kappa shape index (κ3) is 423. The van der Waals surface area contributed by atoms with Crippen molar-refractivity contribution in [3.63, 3.8) is 0 Å². The zero-order valence-electron chi connectivity index (χ0n) is 17.7. The van der Waals surface area contributed by atoms with Gasteiger partial charge in [0.2, 0.25) is 0 Å². The molecule has 1 aliphatic carbocycles. The number of carbonyl (C=O) groups excluding carboxylic acids is 5. The van der Waals surface area contributed by atoms with Crippen LogP contribution in [0.3, 0.4) is 0 Å². The Bertz CT molecular complexity index is 456. The molecule has 0 N–H and O–H groups in total. The van der Waals surface area contributed by atoms with Gasteiger partial charge in [-0.3, -0.25) is 0 Å². The minimum absolute atomic E-state index is 0. The molecule has 0 aliphatic heterocycles. The molecule has 0 saturated heterocycles. The average molecular weight is 1440 g/mol. The maximum Gasteiger partial charge on any atom is 1.00 e. The molecule has 146 valence electrons. The van der Waals surface area contributed by atoms with E-state index in [9.17, 15) is 24.0 Å². The number of carbonyl (C=O) groups is 5. The zero-order chi connectivity index (χ0) is 21.4. The van der Waals surface area contributed by atoms with E-state index in [1.807, 2.05) is 0 Å². The van der Waals surface area contributed by atoms with Gasteiger partial charge in [-0.25, -0.2) is 0 Å². The molecule has 0 bridgehead atoms. The molecule has 6 radical (unpaired) electrons. The van der Waals surface area contributed by atoms with Crippen molar-refractivity contribution in [2.75, 3.05) is 0 Å². The Balaban J connectivity index is -0.0000000194. The van der Waals surface area contributed by atoms with Gasteiger partial charge in [0, 0.05) is 31.7 Å². The molecule has 0 atom stereocenters. The minimum atomic E-state index is -0.250.